The number of carboxylic acids is 1. The molecule has 0 bridgehead atoms. The van der Waals surface area contributed by atoms with Crippen molar-refractivity contribution in [2.24, 2.45) is 17.6 Å². The second-order valence-corrected chi connectivity index (χ2v) is 9.35. The number of halogens is 3. The Morgan fingerprint density at radius 3 is 2.00 bits per heavy atom. The zero-order valence-electron chi connectivity index (χ0n) is 20.9. The number of rotatable bonds is 9. The second-order valence-electron chi connectivity index (χ2n) is 9.35. The first-order valence-electron chi connectivity index (χ1n) is 12.0. The number of aliphatic carboxylic acids is 1. The van der Waals surface area contributed by atoms with E-state index in [-0.39, 0.29) is 23.5 Å². The molecule has 1 aliphatic rings. The highest BCUT2D eigenvalue weighted by molar-refractivity contribution is 5.88. The van der Waals surface area contributed by atoms with Crippen molar-refractivity contribution in [2.45, 2.75) is 58.4 Å². The summed E-state index contributed by atoms with van der Waals surface area (Å²) in [6.07, 6.45) is 0.527. The lowest BCUT2D eigenvalue weighted by atomic mass is 9.89. The van der Waals surface area contributed by atoms with Gasteiger partial charge in [0.05, 0.1) is 6.04 Å². The molecular weight excluding hydrogens is 485 g/mol. The van der Waals surface area contributed by atoms with E-state index in [0.717, 1.165) is 12.8 Å². The standard InChI is InChI=1S/C26H32N2O2.C2HF3O2/c1-19(2)26(27)24(29)16-21(13-12-20-8-4-3-5-9-20)14-15-25(30)28-17-22-10-6-7-11-23(22)18-28;3-2(4,5)1(6)7/h3-11,14-15,19,21,26H,12-13,16-18,27H2,1-2H3;(H,6,7)/b15-14+;/t21-,26-;/m0./s1. The van der Waals surface area contributed by atoms with Crippen LogP contribution in [-0.2, 0) is 33.9 Å². The predicted octanol–water partition coefficient (Wildman–Crippen LogP) is 4.91. The van der Waals surface area contributed by atoms with Gasteiger partial charge in [0, 0.05) is 19.5 Å². The third kappa shape index (κ3) is 9.84. The minimum atomic E-state index is -5.08. The molecule has 200 valence electrons. The molecule has 3 rings (SSSR count). The number of nitrogens with two attached hydrogens (primary N) is 1. The number of nitrogens with zero attached hydrogens (tertiary/aromatic N) is 1. The molecule has 0 saturated carbocycles. The molecular formula is C28H33F3N2O4. The molecule has 1 amide bonds. The monoisotopic (exact) mass is 518 g/mol. The van der Waals surface area contributed by atoms with E-state index in [1.54, 1.807) is 6.08 Å². The zero-order chi connectivity index (χ0) is 27.6. The van der Waals surface area contributed by atoms with Crippen molar-refractivity contribution in [3.8, 4) is 0 Å². The first-order chi connectivity index (χ1) is 17.4. The van der Waals surface area contributed by atoms with Gasteiger partial charge >= 0.3 is 12.1 Å². The quantitative estimate of drug-likeness (QED) is 0.460. The van der Waals surface area contributed by atoms with Crippen molar-refractivity contribution in [3.63, 3.8) is 0 Å². The number of allylic oxidation sites excluding steroid dienone is 1. The summed E-state index contributed by atoms with van der Waals surface area (Å²) in [5.41, 5.74) is 9.72. The van der Waals surface area contributed by atoms with Gasteiger partial charge in [0.1, 0.15) is 5.78 Å². The lowest BCUT2D eigenvalue weighted by Gasteiger charge is -2.19. The Morgan fingerprint density at radius 2 is 1.51 bits per heavy atom. The van der Waals surface area contributed by atoms with Gasteiger partial charge in [0.2, 0.25) is 5.91 Å². The van der Waals surface area contributed by atoms with Crippen LogP contribution >= 0.6 is 0 Å². The average Bonchev–Trinajstić information content (AvgIpc) is 3.29. The number of aryl methyl sites for hydroxylation is 1. The van der Waals surface area contributed by atoms with Crippen LogP contribution < -0.4 is 5.73 Å². The summed E-state index contributed by atoms with van der Waals surface area (Å²) < 4.78 is 31.7. The Hall–Kier alpha value is -3.46. The van der Waals surface area contributed by atoms with Gasteiger partial charge in [-0.05, 0) is 47.4 Å². The van der Waals surface area contributed by atoms with Crippen molar-refractivity contribution < 1.29 is 32.7 Å². The fraction of sp³-hybridized carbons (Fsp3) is 0.393. The van der Waals surface area contributed by atoms with Gasteiger partial charge in [-0.3, -0.25) is 9.59 Å². The van der Waals surface area contributed by atoms with E-state index in [2.05, 4.69) is 24.3 Å². The molecule has 2 atom stereocenters. The highest BCUT2D eigenvalue weighted by Crippen LogP contribution is 2.23. The van der Waals surface area contributed by atoms with E-state index in [0.29, 0.717) is 19.5 Å². The number of carbonyl (C=O) groups is 3. The number of fused-ring (bicyclic) bond motifs is 1. The molecule has 2 aromatic carbocycles. The maximum Gasteiger partial charge on any atom is 0.490 e. The van der Waals surface area contributed by atoms with Gasteiger partial charge in [0.25, 0.3) is 0 Å². The molecule has 0 radical (unpaired) electrons. The number of alkyl halides is 3. The van der Waals surface area contributed by atoms with E-state index in [4.69, 9.17) is 15.6 Å². The summed E-state index contributed by atoms with van der Waals surface area (Å²) >= 11 is 0. The molecule has 0 fully saturated rings. The highest BCUT2D eigenvalue weighted by Gasteiger charge is 2.38. The number of carboxylic acid groups (broad SMARTS) is 1. The molecule has 2 aromatic rings. The maximum atomic E-state index is 12.7. The summed E-state index contributed by atoms with van der Waals surface area (Å²) in [5.74, 6) is -2.59. The first kappa shape index (κ1) is 29.8. The topological polar surface area (TPSA) is 101 Å². The van der Waals surface area contributed by atoms with E-state index < -0.39 is 18.2 Å². The molecule has 9 heteroatoms. The fourth-order valence-electron chi connectivity index (χ4n) is 3.84. The van der Waals surface area contributed by atoms with Crippen LogP contribution in [-0.4, -0.2) is 39.9 Å². The van der Waals surface area contributed by atoms with Crippen molar-refractivity contribution in [1.82, 2.24) is 4.90 Å². The molecule has 6 nitrogen and oxygen atoms in total. The number of Topliss-reactive ketones (excluding diaryl/α,β-unsaturated/α-hetero) is 1. The van der Waals surface area contributed by atoms with E-state index in [9.17, 15) is 22.8 Å². The summed E-state index contributed by atoms with van der Waals surface area (Å²) in [7, 11) is 0. The normalized spacial score (nSPS) is 14.6. The molecule has 37 heavy (non-hydrogen) atoms. The van der Waals surface area contributed by atoms with Gasteiger partial charge in [-0.25, -0.2) is 4.79 Å². The molecule has 0 unspecified atom stereocenters. The third-order valence-corrected chi connectivity index (χ3v) is 6.11. The number of benzene rings is 2. The predicted molar refractivity (Wildman–Crippen MR) is 134 cm³/mol. The first-order valence-corrected chi connectivity index (χ1v) is 12.0. The molecule has 1 heterocycles. The zero-order valence-corrected chi connectivity index (χ0v) is 20.9. The van der Waals surface area contributed by atoms with Crippen LogP contribution in [0, 0.1) is 11.8 Å². The summed E-state index contributed by atoms with van der Waals surface area (Å²) in [6, 6.07) is 17.9. The van der Waals surface area contributed by atoms with E-state index >= 15 is 0 Å². The van der Waals surface area contributed by atoms with Gasteiger partial charge in [-0.2, -0.15) is 13.2 Å². The Balaban J connectivity index is 0.000000604. The largest absolute Gasteiger partial charge is 0.490 e. The van der Waals surface area contributed by atoms with Gasteiger partial charge in [0.15, 0.2) is 0 Å². The lowest BCUT2D eigenvalue weighted by Crippen LogP contribution is -2.36. The number of carbonyl (C=O) groups excluding carboxylic acids is 2. The van der Waals surface area contributed by atoms with Crippen LogP contribution in [0.15, 0.2) is 66.7 Å². The van der Waals surface area contributed by atoms with Crippen LogP contribution in [0.25, 0.3) is 0 Å². The molecule has 1 aliphatic heterocycles. The second kappa shape index (κ2) is 13.7. The molecule has 0 spiro atoms. The summed E-state index contributed by atoms with van der Waals surface area (Å²) in [6.45, 7) is 5.22. The van der Waals surface area contributed by atoms with Crippen molar-refractivity contribution in [2.75, 3.05) is 0 Å². The van der Waals surface area contributed by atoms with Crippen molar-refractivity contribution in [3.05, 3.63) is 83.4 Å². The fourth-order valence-corrected chi connectivity index (χ4v) is 3.84. The molecule has 0 aromatic heterocycles. The van der Waals surface area contributed by atoms with Crippen LogP contribution in [0.5, 0.6) is 0 Å². The summed E-state index contributed by atoms with van der Waals surface area (Å²) in [4.78, 5) is 36.1. The SMILES string of the molecule is CC(C)[C@H](N)C(=O)C[C@H](/C=C/C(=O)N1Cc2ccccc2C1)CCc1ccccc1.O=C(O)C(F)(F)F. The number of hydrogen-bond acceptors (Lipinski definition) is 4. The molecule has 0 saturated heterocycles. The lowest BCUT2D eigenvalue weighted by molar-refractivity contribution is -0.192. The van der Waals surface area contributed by atoms with Gasteiger partial charge < -0.3 is 15.7 Å². The van der Waals surface area contributed by atoms with Crippen molar-refractivity contribution >= 4 is 17.7 Å². The summed E-state index contributed by atoms with van der Waals surface area (Å²) in [5, 5.41) is 7.12. The minimum absolute atomic E-state index is 0.00322. The Kier molecular flexibility index (Phi) is 11.1. The van der Waals surface area contributed by atoms with E-state index in [1.165, 1.54) is 16.7 Å². The van der Waals surface area contributed by atoms with Gasteiger partial charge in [-0.1, -0.05) is 74.5 Å². The van der Waals surface area contributed by atoms with E-state index in [1.807, 2.05) is 55.2 Å². The number of ketones is 1. The Labute approximate surface area is 215 Å². The Morgan fingerprint density at radius 1 is 1.00 bits per heavy atom. The van der Waals surface area contributed by atoms with Gasteiger partial charge in [-0.15, -0.1) is 0 Å². The Bertz CT molecular complexity index is 1060. The van der Waals surface area contributed by atoms with Crippen LogP contribution in [0.3, 0.4) is 0 Å². The smallest absolute Gasteiger partial charge is 0.475 e. The minimum Gasteiger partial charge on any atom is -0.475 e. The van der Waals surface area contributed by atoms with Crippen LogP contribution in [0.4, 0.5) is 13.2 Å². The third-order valence-electron chi connectivity index (χ3n) is 6.11. The molecule has 0 aliphatic carbocycles. The van der Waals surface area contributed by atoms with Crippen LogP contribution in [0.2, 0.25) is 0 Å². The number of hydrogen-bond donors (Lipinski definition) is 2. The van der Waals surface area contributed by atoms with Crippen LogP contribution in [0.1, 0.15) is 43.4 Å². The number of amides is 1. The molecule has 3 N–H and O–H groups in total. The van der Waals surface area contributed by atoms with Crippen molar-refractivity contribution in [1.29, 1.82) is 0 Å². The maximum absolute atomic E-state index is 12.7. The average molecular weight is 519 g/mol. The highest BCUT2D eigenvalue weighted by atomic mass is 19.4.